The zero-order valence-electron chi connectivity index (χ0n) is 9.74. The van der Waals surface area contributed by atoms with E-state index in [0.29, 0.717) is 23.8 Å². The van der Waals surface area contributed by atoms with Gasteiger partial charge in [-0.05, 0) is 12.0 Å². The van der Waals surface area contributed by atoms with Crippen LogP contribution >= 0.6 is 0 Å². The number of hydrogen-bond acceptors (Lipinski definition) is 6. The molecule has 0 amide bonds. The van der Waals surface area contributed by atoms with Gasteiger partial charge in [0.15, 0.2) is 0 Å². The summed E-state index contributed by atoms with van der Waals surface area (Å²) in [6.07, 6.45) is 2.92. The summed E-state index contributed by atoms with van der Waals surface area (Å²) in [6.45, 7) is 3.87. The van der Waals surface area contributed by atoms with Gasteiger partial charge < -0.3 is 9.63 Å². The third kappa shape index (κ3) is 2.85. The molecule has 1 unspecified atom stereocenters. The molecule has 2 heterocycles. The van der Waals surface area contributed by atoms with Crippen LogP contribution in [0.2, 0.25) is 0 Å². The number of hydrogen-bond donors (Lipinski definition) is 1. The molecule has 0 bridgehead atoms. The Bertz CT molecular complexity index is 469. The fraction of sp³-hybridized carbons (Fsp3) is 0.455. The lowest BCUT2D eigenvalue weighted by Gasteiger charge is -2.10. The van der Waals surface area contributed by atoms with Crippen molar-refractivity contribution in [2.45, 2.75) is 26.4 Å². The van der Waals surface area contributed by atoms with Gasteiger partial charge in [0.05, 0.1) is 12.5 Å². The monoisotopic (exact) mass is 234 g/mol. The zero-order valence-corrected chi connectivity index (χ0v) is 9.74. The minimum atomic E-state index is -0.478. The van der Waals surface area contributed by atoms with Gasteiger partial charge in [-0.1, -0.05) is 19.0 Å². The molecule has 0 aliphatic heterocycles. The Morgan fingerprint density at radius 3 is 2.88 bits per heavy atom. The lowest BCUT2D eigenvalue weighted by Crippen LogP contribution is -2.17. The zero-order chi connectivity index (χ0) is 12.3. The van der Waals surface area contributed by atoms with Crippen molar-refractivity contribution in [1.29, 1.82) is 0 Å². The van der Waals surface area contributed by atoms with Crippen LogP contribution in [0, 0.1) is 5.92 Å². The molecule has 0 aliphatic carbocycles. The number of nitrogens with zero attached hydrogens (tertiary/aromatic N) is 4. The summed E-state index contributed by atoms with van der Waals surface area (Å²) in [5.74, 6) is 0.988. The van der Waals surface area contributed by atoms with Gasteiger partial charge in [0.25, 0.3) is 0 Å². The number of aliphatic hydroxyl groups excluding tert-OH is 1. The van der Waals surface area contributed by atoms with E-state index < -0.39 is 6.10 Å². The van der Waals surface area contributed by atoms with Gasteiger partial charge >= 0.3 is 0 Å². The van der Waals surface area contributed by atoms with E-state index in [4.69, 9.17) is 4.52 Å². The highest BCUT2D eigenvalue weighted by atomic mass is 16.5. The highest BCUT2D eigenvalue weighted by Gasteiger charge is 2.16. The van der Waals surface area contributed by atoms with Gasteiger partial charge in [-0.2, -0.15) is 4.98 Å². The van der Waals surface area contributed by atoms with E-state index >= 15 is 0 Å². The van der Waals surface area contributed by atoms with Crippen LogP contribution in [0.25, 0.3) is 11.5 Å². The van der Waals surface area contributed by atoms with Gasteiger partial charge in [-0.25, -0.2) is 9.97 Å². The Morgan fingerprint density at radius 2 is 2.24 bits per heavy atom. The van der Waals surface area contributed by atoms with Crippen LogP contribution in [0.15, 0.2) is 23.1 Å². The normalized spacial score (nSPS) is 12.9. The van der Waals surface area contributed by atoms with E-state index in [1.165, 1.54) is 6.33 Å². The summed E-state index contributed by atoms with van der Waals surface area (Å²) in [7, 11) is 0. The van der Waals surface area contributed by atoms with Crippen LogP contribution in [0.4, 0.5) is 0 Å². The summed E-state index contributed by atoms with van der Waals surface area (Å²) in [6, 6.07) is 1.70. The van der Waals surface area contributed by atoms with E-state index in [0.717, 1.165) is 0 Å². The quantitative estimate of drug-likeness (QED) is 0.852. The fourth-order valence-electron chi connectivity index (χ4n) is 1.28. The summed E-state index contributed by atoms with van der Waals surface area (Å²) < 4.78 is 5.06. The lowest BCUT2D eigenvalue weighted by atomic mass is 10.0. The van der Waals surface area contributed by atoms with Gasteiger partial charge in [0.2, 0.25) is 11.7 Å². The van der Waals surface area contributed by atoms with E-state index in [1.807, 2.05) is 13.8 Å². The summed E-state index contributed by atoms with van der Waals surface area (Å²) >= 11 is 0. The third-order valence-electron chi connectivity index (χ3n) is 2.43. The second-order valence-corrected chi connectivity index (χ2v) is 4.12. The molecule has 2 rings (SSSR count). The van der Waals surface area contributed by atoms with Crippen molar-refractivity contribution in [1.82, 2.24) is 20.1 Å². The Hall–Kier alpha value is -1.82. The minimum absolute atomic E-state index is 0.157. The summed E-state index contributed by atoms with van der Waals surface area (Å²) in [5, 5.41) is 13.5. The molecule has 0 saturated heterocycles. The van der Waals surface area contributed by atoms with Crippen molar-refractivity contribution in [3.05, 3.63) is 24.5 Å². The first-order chi connectivity index (χ1) is 8.16. The van der Waals surface area contributed by atoms with Crippen LogP contribution in [0.5, 0.6) is 0 Å². The lowest BCUT2D eigenvalue weighted by molar-refractivity contribution is 0.116. The molecule has 0 spiro atoms. The molecule has 1 atom stereocenters. The van der Waals surface area contributed by atoms with Crippen molar-refractivity contribution in [3.8, 4) is 11.5 Å². The standard InChI is InChI=1S/C11H14N4O2/c1-7(2)9(16)5-10-14-11(15-17-10)8-3-4-12-6-13-8/h3-4,6-7,9,16H,5H2,1-2H3. The molecule has 0 aromatic carbocycles. The maximum atomic E-state index is 9.71. The molecule has 90 valence electrons. The molecule has 17 heavy (non-hydrogen) atoms. The van der Waals surface area contributed by atoms with Crippen LogP contribution < -0.4 is 0 Å². The Kier molecular flexibility index (Phi) is 3.43. The maximum Gasteiger partial charge on any atom is 0.229 e. The van der Waals surface area contributed by atoms with Crippen LogP contribution in [-0.4, -0.2) is 31.3 Å². The number of rotatable bonds is 4. The first kappa shape index (κ1) is 11.7. The van der Waals surface area contributed by atoms with Gasteiger partial charge in [0.1, 0.15) is 12.0 Å². The van der Waals surface area contributed by atoms with E-state index in [2.05, 4.69) is 20.1 Å². The average molecular weight is 234 g/mol. The minimum Gasteiger partial charge on any atom is -0.392 e. The van der Waals surface area contributed by atoms with E-state index in [9.17, 15) is 5.11 Å². The summed E-state index contributed by atoms with van der Waals surface area (Å²) in [5.41, 5.74) is 0.606. The van der Waals surface area contributed by atoms with E-state index in [-0.39, 0.29) is 5.92 Å². The molecule has 0 aliphatic rings. The molecule has 0 saturated carbocycles. The molecule has 1 N–H and O–H groups in total. The molecule has 0 radical (unpaired) electrons. The van der Waals surface area contributed by atoms with Crippen molar-refractivity contribution in [2.24, 2.45) is 5.92 Å². The van der Waals surface area contributed by atoms with Crippen LogP contribution in [0.1, 0.15) is 19.7 Å². The first-order valence-corrected chi connectivity index (χ1v) is 5.44. The average Bonchev–Trinajstić information content (AvgIpc) is 2.78. The van der Waals surface area contributed by atoms with Crippen molar-refractivity contribution >= 4 is 0 Å². The molecular weight excluding hydrogens is 220 g/mol. The van der Waals surface area contributed by atoms with Gasteiger partial charge in [-0.3, -0.25) is 0 Å². The molecule has 2 aromatic rings. The third-order valence-corrected chi connectivity index (χ3v) is 2.43. The fourth-order valence-corrected chi connectivity index (χ4v) is 1.28. The van der Waals surface area contributed by atoms with Crippen molar-refractivity contribution in [2.75, 3.05) is 0 Å². The van der Waals surface area contributed by atoms with Gasteiger partial charge in [0, 0.05) is 6.20 Å². The molecule has 6 heteroatoms. The molecular formula is C11H14N4O2. The SMILES string of the molecule is CC(C)C(O)Cc1nc(-c2ccncn2)no1. The number of aliphatic hydroxyl groups is 1. The molecule has 2 aromatic heterocycles. The molecule has 0 fully saturated rings. The highest BCUT2D eigenvalue weighted by Crippen LogP contribution is 2.14. The topological polar surface area (TPSA) is 84.9 Å². The second kappa shape index (κ2) is 5.01. The Balaban J connectivity index is 2.12. The van der Waals surface area contributed by atoms with Crippen molar-refractivity contribution < 1.29 is 9.63 Å². The Morgan fingerprint density at radius 1 is 1.41 bits per heavy atom. The molecule has 6 nitrogen and oxygen atoms in total. The van der Waals surface area contributed by atoms with E-state index in [1.54, 1.807) is 12.3 Å². The summed E-state index contributed by atoms with van der Waals surface area (Å²) in [4.78, 5) is 12.0. The van der Waals surface area contributed by atoms with Crippen LogP contribution in [-0.2, 0) is 6.42 Å². The maximum absolute atomic E-state index is 9.71. The number of aromatic nitrogens is 4. The second-order valence-electron chi connectivity index (χ2n) is 4.12. The van der Waals surface area contributed by atoms with Crippen LogP contribution in [0.3, 0.4) is 0 Å². The predicted octanol–water partition coefficient (Wildman–Crippen LogP) is 1.09. The van der Waals surface area contributed by atoms with Gasteiger partial charge in [-0.15, -0.1) is 0 Å². The Labute approximate surface area is 98.7 Å². The predicted molar refractivity (Wildman–Crippen MR) is 59.9 cm³/mol. The van der Waals surface area contributed by atoms with Crippen molar-refractivity contribution in [3.63, 3.8) is 0 Å². The first-order valence-electron chi connectivity index (χ1n) is 5.44. The largest absolute Gasteiger partial charge is 0.392 e. The smallest absolute Gasteiger partial charge is 0.229 e. The highest BCUT2D eigenvalue weighted by molar-refractivity contribution is 5.46.